The van der Waals surface area contributed by atoms with E-state index in [0.29, 0.717) is 35.0 Å². The zero-order valence-corrected chi connectivity index (χ0v) is 12.8. The Morgan fingerprint density at radius 1 is 1.00 bits per heavy atom. The lowest BCUT2D eigenvalue weighted by Gasteiger charge is -2.05. The van der Waals surface area contributed by atoms with Crippen LogP contribution in [-0.2, 0) is 6.54 Å². The van der Waals surface area contributed by atoms with Gasteiger partial charge in [-0.3, -0.25) is 10.1 Å². The number of nitrogen functional groups attached to an aromatic ring is 1. The summed E-state index contributed by atoms with van der Waals surface area (Å²) >= 11 is 0. The second-order valence-corrected chi connectivity index (χ2v) is 5.27. The van der Waals surface area contributed by atoms with Crippen molar-refractivity contribution in [1.82, 2.24) is 25.1 Å². The van der Waals surface area contributed by atoms with Gasteiger partial charge < -0.3 is 11.1 Å². The van der Waals surface area contributed by atoms with Crippen LogP contribution in [0.5, 0.6) is 0 Å². The Hall–Kier alpha value is -3.48. The van der Waals surface area contributed by atoms with E-state index in [4.69, 9.17) is 5.73 Å². The molecule has 0 spiro atoms. The molecule has 4 aromatic rings. The topological polar surface area (TPSA) is 105 Å². The quantitative estimate of drug-likeness (QED) is 0.534. The normalized spacial score (nSPS) is 10.8. The van der Waals surface area contributed by atoms with Crippen LogP contribution >= 0.6 is 0 Å². The maximum Gasteiger partial charge on any atom is 0.163 e. The van der Waals surface area contributed by atoms with E-state index in [2.05, 4.69) is 30.5 Å². The minimum absolute atomic E-state index is 0.385. The van der Waals surface area contributed by atoms with Gasteiger partial charge >= 0.3 is 0 Å². The minimum atomic E-state index is 0.385. The lowest BCUT2D eigenvalue weighted by molar-refractivity contribution is 1.01. The summed E-state index contributed by atoms with van der Waals surface area (Å²) in [6.45, 7) is 0.542. The molecule has 0 radical (unpaired) electrons. The summed E-state index contributed by atoms with van der Waals surface area (Å²) in [7, 11) is 0. The molecular formula is C17H15N7. The standard InChI is InChI=1S/C17H15N7/c18-14-13-16(20-10-12-8-4-5-9-19-12)23-24-17(13)22-15(21-14)11-6-2-1-3-7-11/h1-9H,10H2,(H4,18,20,21,22,23,24). The Morgan fingerprint density at radius 2 is 1.83 bits per heavy atom. The predicted octanol–water partition coefficient (Wildman–Crippen LogP) is 2.61. The number of benzene rings is 1. The molecule has 0 unspecified atom stereocenters. The molecule has 24 heavy (non-hydrogen) atoms. The fourth-order valence-electron chi connectivity index (χ4n) is 2.48. The Morgan fingerprint density at radius 3 is 2.62 bits per heavy atom. The molecule has 0 aliphatic rings. The second-order valence-electron chi connectivity index (χ2n) is 5.27. The highest BCUT2D eigenvalue weighted by molar-refractivity contribution is 5.96. The molecule has 4 N–H and O–H groups in total. The fourth-order valence-corrected chi connectivity index (χ4v) is 2.48. The number of anilines is 2. The maximum atomic E-state index is 6.14. The molecule has 0 fully saturated rings. The van der Waals surface area contributed by atoms with Crippen LogP contribution < -0.4 is 11.1 Å². The van der Waals surface area contributed by atoms with E-state index in [9.17, 15) is 0 Å². The van der Waals surface area contributed by atoms with Crippen LogP contribution in [0.2, 0.25) is 0 Å². The second kappa shape index (κ2) is 5.96. The van der Waals surface area contributed by atoms with Crippen molar-refractivity contribution in [2.45, 2.75) is 6.54 Å². The van der Waals surface area contributed by atoms with Crippen LogP contribution in [0.3, 0.4) is 0 Å². The number of hydrogen-bond acceptors (Lipinski definition) is 6. The number of nitrogens with one attached hydrogen (secondary N) is 2. The number of H-pyrrole nitrogens is 1. The van der Waals surface area contributed by atoms with Crippen molar-refractivity contribution in [2.24, 2.45) is 0 Å². The number of aromatic amines is 1. The first-order valence-corrected chi connectivity index (χ1v) is 7.52. The Labute approximate surface area is 138 Å². The van der Waals surface area contributed by atoms with E-state index >= 15 is 0 Å². The molecule has 3 aromatic heterocycles. The van der Waals surface area contributed by atoms with Gasteiger partial charge in [0, 0.05) is 11.8 Å². The van der Waals surface area contributed by atoms with Crippen molar-refractivity contribution >= 4 is 22.7 Å². The van der Waals surface area contributed by atoms with Crippen LogP contribution in [0, 0.1) is 0 Å². The van der Waals surface area contributed by atoms with Crippen LogP contribution in [0.25, 0.3) is 22.4 Å². The molecule has 7 nitrogen and oxygen atoms in total. The summed E-state index contributed by atoms with van der Waals surface area (Å²) in [6.07, 6.45) is 1.75. The summed E-state index contributed by atoms with van der Waals surface area (Å²) in [6, 6.07) is 15.5. The highest BCUT2D eigenvalue weighted by Gasteiger charge is 2.14. The van der Waals surface area contributed by atoms with E-state index in [0.717, 1.165) is 11.3 Å². The third kappa shape index (κ3) is 2.63. The van der Waals surface area contributed by atoms with Gasteiger partial charge in [-0.15, -0.1) is 0 Å². The van der Waals surface area contributed by atoms with Crippen molar-refractivity contribution < 1.29 is 0 Å². The van der Waals surface area contributed by atoms with Crippen LogP contribution in [0.4, 0.5) is 11.6 Å². The molecule has 118 valence electrons. The summed E-state index contributed by atoms with van der Waals surface area (Å²) in [5.74, 6) is 1.57. The average Bonchev–Trinajstić information content (AvgIpc) is 3.05. The van der Waals surface area contributed by atoms with E-state index in [1.165, 1.54) is 0 Å². The summed E-state index contributed by atoms with van der Waals surface area (Å²) < 4.78 is 0. The van der Waals surface area contributed by atoms with Crippen LogP contribution in [0.15, 0.2) is 54.7 Å². The monoisotopic (exact) mass is 317 g/mol. The number of fused-ring (bicyclic) bond motifs is 1. The molecule has 3 heterocycles. The molecule has 4 rings (SSSR count). The molecule has 0 aliphatic carbocycles. The number of rotatable bonds is 4. The zero-order chi connectivity index (χ0) is 16.4. The van der Waals surface area contributed by atoms with Crippen LogP contribution in [0.1, 0.15) is 5.69 Å². The third-order valence-electron chi connectivity index (χ3n) is 3.64. The zero-order valence-electron chi connectivity index (χ0n) is 12.8. The maximum absolute atomic E-state index is 6.14. The highest BCUT2D eigenvalue weighted by Crippen LogP contribution is 2.27. The SMILES string of the molecule is Nc1nc(-c2ccccc2)nc2[nH]nc(NCc3ccccn3)c12. The molecule has 0 bridgehead atoms. The molecule has 1 aromatic carbocycles. The first kappa shape index (κ1) is 14.1. The van der Waals surface area contributed by atoms with Crippen molar-refractivity contribution in [3.63, 3.8) is 0 Å². The lowest BCUT2D eigenvalue weighted by Crippen LogP contribution is -2.03. The molecule has 0 saturated carbocycles. The van der Waals surface area contributed by atoms with Gasteiger partial charge in [0.05, 0.1) is 12.2 Å². The van der Waals surface area contributed by atoms with Crippen molar-refractivity contribution in [2.75, 3.05) is 11.1 Å². The van der Waals surface area contributed by atoms with E-state index in [1.807, 2.05) is 48.5 Å². The van der Waals surface area contributed by atoms with Gasteiger partial charge in [-0.05, 0) is 12.1 Å². The van der Waals surface area contributed by atoms with Gasteiger partial charge in [0.15, 0.2) is 17.3 Å². The van der Waals surface area contributed by atoms with Gasteiger partial charge in [-0.25, -0.2) is 9.97 Å². The van der Waals surface area contributed by atoms with Gasteiger partial charge in [0.1, 0.15) is 11.2 Å². The van der Waals surface area contributed by atoms with E-state index in [-0.39, 0.29) is 0 Å². The molecule has 0 aliphatic heterocycles. The number of nitrogens with zero attached hydrogens (tertiary/aromatic N) is 4. The van der Waals surface area contributed by atoms with E-state index < -0.39 is 0 Å². The van der Waals surface area contributed by atoms with Crippen molar-refractivity contribution in [3.8, 4) is 11.4 Å². The summed E-state index contributed by atoms with van der Waals surface area (Å²) in [5.41, 5.74) is 8.56. The van der Waals surface area contributed by atoms with Gasteiger partial charge in [0.2, 0.25) is 0 Å². The Kier molecular flexibility index (Phi) is 3.51. The van der Waals surface area contributed by atoms with E-state index in [1.54, 1.807) is 6.20 Å². The molecule has 0 saturated heterocycles. The Bertz CT molecular complexity index is 964. The summed E-state index contributed by atoms with van der Waals surface area (Å²) in [5, 5.41) is 11.1. The number of aromatic nitrogens is 5. The first-order valence-electron chi connectivity index (χ1n) is 7.52. The highest BCUT2D eigenvalue weighted by atomic mass is 15.2. The van der Waals surface area contributed by atoms with Gasteiger partial charge in [-0.1, -0.05) is 36.4 Å². The molecule has 7 heteroatoms. The average molecular weight is 317 g/mol. The minimum Gasteiger partial charge on any atom is -0.383 e. The smallest absolute Gasteiger partial charge is 0.163 e. The van der Waals surface area contributed by atoms with Crippen LogP contribution in [-0.4, -0.2) is 25.1 Å². The Balaban J connectivity index is 1.67. The van der Waals surface area contributed by atoms with Gasteiger partial charge in [0.25, 0.3) is 0 Å². The number of nitrogens with two attached hydrogens (primary N) is 1. The summed E-state index contributed by atoms with van der Waals surface area (Å²) in [4.78, 5) is 13.2. The fraction of sp³-hybridized carbons (Fsp3) is 0.0588. The molecule has 0 atom stereocenters. The largest absolute Gasteiger partial charge is 0.383 e. The molecular weight excluding hydrogens is 302 g/mol. The first-order chi connectivity index (χ1) is 11.8. The lowest BCUT2D eigenvalue weighted by atomic mass is 10.2. The van der Waals surface area contributed by atoms with Gasteiger partial charge in [-0.2, -0.15) is 5.10 Å². The predicted molar refractivity (Wildman–Crippen MR) is 93.1 cm³/mol. The van der Waals surface area contributed by atoms with Crippen molar-refractivity contribution in [3.05, 3.63) is 60.4 Å². The molecule has 0 amide bonds. The number of pyridine rings is 1. The van der Waals surface area contributed by atoms with Crippen molar-refractivity contribution in [1.29, 1.82) is 0 Å². The third-order valence-corrected chi connectivity index (χ3v) is 3.64. The number of hydrogen-bond donors (Lipinski definition) is 3.